The molecular formula is C10H11FOS. The molecule has 13 heavy (non-hydrogen) atoms. The van der Waals surface area contributed by atoms with E-state index in [9.17, 15) is 4.39 Å². The minimum atomic E-state index is -1.17. The first-order valence-electron chi connectivity index (χ1n) is 4.27. The zero-order chi connectivity index (χ0) is 9.31. The van der Waals surface area contributed by atoms with Gasteiger partial charge < -0.3 is 5.11 Å². The molecular weight excluding hydrogens is 187 g/mol. The van der Waals surface area contributed by atoms with E-state index in [-0.39, 0.29) is 5.75 Å². The molecule has 1 aliphatic heterocycles. The quantitative estimate of drug-likeness (QED) is 0.748. The van der Waals surface area contributed by atoms with Gasteiger partial charge in [-0.1, -0.05) is 12.1 Å². The largest absolute Gasteiger partial charge is 0.508 e. The Balaban J connectivity index is 2.29. The molecule has 1 atom stereocenters. The maximum absolute atomic E-state index is 14.1. The number of hydrogen-bond acceptors (Lipinski definition) is 2. The van der Waals surface area contributed by atoms with Crippen LogP contribution in [0.3, 0.4) is 0 Å². The normalized spacial score (nSPS) is 27.8. The first-order valence-corrected chi connectivity index (χ1v) is 5.42. The molecule has 0 spiro atoms. The smallest absolute Gasteiger partial charge is 0.145 e. The van der Waals surface area contributed by atoms with E-state index in [4.69, 9.17) is 5.11 Å². The molecule has 1 aromatic carbocycles. The molecule has 70 valence electrons. The zero-order valence-electron chi connectivity index (χ0n) is 7.16. The number of halogens is 1. The number of benzene rings is 1. The van der Waals surface area contributed by atoms with E-state index in [2.05, 4.69) is 0 Å². The summed E-state index contributed by atoms with van der Waals surface area (Å²) in [5.41, 5.74) is -0.478. The Hall–Kier alpha value is -0.700. The van der Waals surface area contributed by atoms with Crippen molar-refractivity contribution >= 4 is 11.8 Å². The summed E-state index contributed by atoms with van der Waals surface area (Å²) >= 11 is 1.64. The average molecular weight is 198 g/mol. The highest BCUT2D eigenvalue weighted by atomic mass is 32.2. The van der Waals surface area contributed by atoms with Gasteiger partial charge in [-0.3, -0.25) is 0 Å². The maximum atomic E-state index is 14.1. The lowest BCUT2D eigenvalue weighted by molar-refractivity contribution is 0.202. The molecule has 0 aromatic heterocycles. The van der Waals surface area contributed by atoms with Crippen LogP contribution < -0.4 is 0 Å². The molecule has 0 amide bonds. The van der Waals surface area contributed by atoms with Crippen molar-refractivity contribution in [1.29, 1.82) is 0 Å². The van der Waals surface area contributed by atoms with Crippen LogP contribution >= 0.6 is 11.8 Å². The fourth-order valence-corrected chi connectivity index (χ4v) is 2.77. The van der Waals surface area contributed by atoms with Gasteiger partial charge in [-0.25, -0.2) is 4.39 Å². The van der Waals surface area contributed by atoms with E-state index in [1.807, 2.05) is 0 Å². The van der Waals surface area contributed by atoms with Gasteiger partial charge in [0.1, 0.15) is 11.4 Å². The minimum absolute atomic E-state index is 0.193. The summed E-state index contributed by atoms with van der Waals surface area (Å²) < 4.78 is 14.1. The van der Waals surface area contributed by atoms with Crippen LogP contribution in [-0.4, -0.2) is 16.6 Å². The van der Waals surface area contributed by atoms with Gasteiger partial charge in [0, 0.05) is 5.75 Å². The molecule has 1 aromatic rings. The van der Waals surface area contributed by atoms with E-state index in [0.29, 0.717) is 17.7 Å². The lowest BCUT2D eigenvalue weighted by Crippen LogP contribution is -2.18. The minimum Gasteiger partial charge on any atom is -0.508 e. The topological polar surface area (TPSA) is 20.2 Å². The van der Waals surface area contributed by atoms with E-state index in [0.717, 1.165) is 5.75 Å². The molecule has 1 N–H and O–H groups in total. The van der Waals surface area contributed by atoms with Crippen molar-refractivity contribution in [2.24, 2.45) is 0 Å². The molecule has 0 bridgehead atoms. The third-order valence-corrected chi connectivity index (χ3v) is 3.51. The maximum Gasteiger partial charge on any atom is 0.145 e. The van der Waals surface area contributed by atoms with Crippen molar-refractivity contribution in [1.82, 2.24) is 0 Å². The summed E-state index contributed by atoms with van der Waals surface area (Å²) in [6, 6.07) is 6.42. The highest BCUT2D eigenvalue weighted by molar-refractivity contribution is 7.99. The van der Waals surface area contributed by atoms with E-state index in [1.165, 1.54) is 0 Å². The van der Waals surface area contributed by atoms with Crippen molar-refractivity contribution < 1.29 is 9.50 Å². The van der Waals surface area contributed by atoms with Gasteiger partial charge in [0.25, 0.3) is 0 Å². The van der Waals surface area contributed by atoms with E-state index in [1.54, 1.807) is 36.0 Å². The summed E-state index contributed by atoms with van der Waals surface area (Å²) in [7, 11) is 0. The van der Waals surface area contributed by atoms with Gasteiger partial charge in [-0.05, 0) is 29.9 Å². The van der Waals surface area contributed by atoms with Crippen LogP contribution in [0.1, 0.15) is 12.0 Å². The molecule has 3 heteroatoms. The second kappa shape index (κ2) is 3.22. The predicted molar refractivity (Wildman–Crippen MR) is 52.8 cm³/mol. The Bertz CT molecular complexity index is 290. The van der Waals surface area contributed by atoms with Gasteiger partial charge in [0.15, 0.2) is 0 Å². The Labute approximate surface area is 81.0 Å². The summed E-state index contributed by atoms with van der Waals surface area (Å²) in [4.78, 5) is 0. The summed E-state index contributed by atoms with van der Waals surface area (Å²) in [5.74, 6) is 1.62. The zero-order valence-corrected chi connectivity index (χ0v) is 7.98. The second-order valence-corrected chi connectivity index (χ2v) is 4.42. The monoisotopic (exact) mass is 198 g/mol. The van der Waals surface area contributed by atoms with E-state index < -0.39 is 5.67 Å². The van der Waals surface area contributed by atoms with E-state index >= 15 is 0 Å². The van der Waals surface area contributed by atoms with Gasteiger partial charge >= 0.3 is 0 Å². The highest BCUT2D eigenvalue weighted by Crippen LogP contribution is 2.40. The summed E-state index contributed by atoms with van der Waals surface area (Å²) in [6.07, 6.45) is 0.586. The second-order valence-electron chi connectivity index (χ2n) is 3.31. The molecule has 2 rings (SSSR count). The van der Waals surface area contributed by atoms with Crippen molar-refractivity contribution in [3.63, 3.8) is 0 Å². The number of hydrogen-bond donors (Lipinski definition) is 1. The number of rotatable bonds is 1. The third kappa shape index (κ3) is 1.66. The van der Waals surface area contributed by atoms with Gasteiger partial charge in [0.2, 0.25) is 0 Å². The van der Waals surface area contributed by atoms with Crippen LogP contribution in [0.2, 0.25) is 0 Å². The molecule has 1 heterocycles. The fourth-order valence-electron chi connectivity index (χ4n) is 1.53. The lowest BCUT2D eigenvalue weighted by atomic mass is 9.95. The fraction of sp³-hybridized carbons (Fsp3) is 0.400. The van der Waals surface area contributed by atoms with Crippen LogP contribution in [0, 0.1) is 0 Å². The predicted octanol–water partition coefficient (Wildman–Crippen LogP) is 2.69. The summed E-state index contributed by atoms with van der Waals surface area (Å²) in [6.45, 7) is 0. The first-order chi connectivity index (χ1) is 6.21. The average Bonchev–Trinajstić information content (AvgIpc) is 2.54. The Kier molecular flexibility index (Phi) is 2.20. The summed E-state index contributed by atoms with van der Waals surface area (Å²) in [5, 5.41) is 9.06. The van der Waals surface area contributed by atoms with Crippen LogP contribution in [0.15, 0.2) is 24.3 Å². The Morgan fingerprint density at radius 2 is 2.00 bits per heavy atom. The third-order valence-electron chi connectivity index (χ3n) is 2.36. The molecule has 0 radical (unpaired) electrons. The molecule has 1 nitrogen and oxygen atoms in total. The van der Waals surface area contributed by atoms with Crippen LogP contribution in [0.25, 0.3) is 0 Å². The molecule has 1 fully saturated rings. The van der Waals surface area contributed by atoms with Gasteiger partial charge in [-0.15, -0.1) is 0 Å². The molecule has 1 unspecified atom stereocenters. The Morgan fingerprint density at radius 1 is 1.31 bits per heavy atom. The number of phenols is 1. The lowest BCUT2D eigenvalue weighted by Gasteiger charge is -2.18. The molecule has 1 aliphatic rings. The highest BCUT2D eigenvalue weighted by Gasteiger charge is 2.35. The molecule has 0 aliphatic carbocycles. The number of thioether (sulfide) groups is 1. The van der Waals surface area contributed by atoms with Crippen molar-refractivity contribution in [3.05, 3.63) is 29.8 Å². The van der Waals surface area contributed by atoms with Crippen molar-refractivity contribution in [2.75, 3.05) is 11.5 Å². The van der Waals surface area contributed by atoms with Crippen LogP contribution in [0.5, 0.6) is 5.75 Å². The van der Waals surface area contributed by atoms with Crippen molar-refractivity contribution in [2.45, 2.75) is 12.1 Å². The molecule has 0 saturated carbocycles. The molecule has 1 saturated heterocycles. The van der Waals surface area contributed by atoms with Gasteiger partial charge in [0.05, 0.1) is 0 Å². The number of alkyl halides is 1. The van der Waals surface area contributed by atoms with Crippen LogP contribution in [0.4, 0.5) is 4.39 Å². The Morgan fingerprint density at radius 3 is 2.54 bits per heavy atom. The number of aromatic hydroxyl groups is 1. The SMILES string of the molecule is Oc1ccc(C2(F)CCSC2)cc1. The van der Waals surface area contributed by atoms with Crippen LogP contribution in [-0.2, 0) is 5.67 Å². The van der Waals surface area contributed by atoms with Crippen molar-refractivity contribution in [3.8, 4) is 5.75 Å². The van der Waals surface area contributed by atoms with Gasteiger partial charge in [-0.2, -0.15) is 11.8 Å². The first kappa shape index (κ1) is 8.88. The standard InChI is InChI=1S/C10H11FOS/c11-10(5-6-13-7-10)8-1-3-9(12)4-2-8/h1-4,12H,5-7H2. The number of phenolic OH excluding ortho intramolecular Hbond substituents is 1.